The van der Waals surface area contributed by atoms with E-state index in [1.165, 1.54) is 25.9 Å². The highest BCUT2D eigenvalue weighted by Gasteiger charge is 2.34. The first-order chi connectivity index (χ1) is 14.7. The Morgan fingerprint density at radius 1 is 1.13 bits per heavy atom. The Bertz CT molecular complexity index is 927. The molecule has 0 radical (unpaired) electrons. The fourth-order valence-corrected chi connectivity index (χ4v) is 5.41. The zero-order valence-electron chi connectivity index (χ0n) is 17.2. The molecule has 1 atom stereocenters. The minimum absolute atomic E-state index is 0.00189. The van der Waals surface area contributed by atoms with Gasteiger partial charge in [-0.15, -0.1) is 10.2 Å². The van der Waals surface area contributed by atoms with Crippen molar-refractivity contribution in [2.24, 2.45) is 7.05 Å². The average molecular weight is 430 g/mol. The molecule has 0 unspecified atom stereocenters. The van der Waals surface area contributed by atoms with E-state index in [1.807, 2.05) is 18.0 Å². The quantitative estimate of drug-likeness (QED) is 0.654. The van der Waals surface area contributed by atoms with Crippen LogP contribution in [0, 0.1) is 0 Å². The molecule has 5 rings (SSSR count). The highest BCUT2D eigenvalue weighted by Crippen LogP contribution is 2.36. The molecule has 1 aromatic heterocycles. The first kappa shape index (κ1) is 19.7. The topological polar surface area (TPSA) is 72.7 Å². The van der Waals surface area contributed by atoms with Gasteiger partial charge in [-0.25, -0.2) is 0 Å². The summed E-state index contributed by atoms with van der Waals surface area (Å²) in [5.74, 6) is 3.20. The number of ether oxygens (including phenoxy) is 2. The second kappa shape index (κ2) is 8.47. The van der Waals surface area contributed by atoms with Crippen molar-refractivity contribution >= 4 is 17.7 Å². The molecule has 0 saturated carbocycles. The van der Waals surface area contributed by atoms with Gasteiger partial charge >= 0.3 is 0 Å². The number of nitrogens with zero attached hydrogens (tertiary/aromatic N) is 5. The molecule has 30 heavy (non-hydrogen) atoms. The van der Waals surface area contributed by atoms with E-state index in [2.05, 4.69) is 19.7 Å². The van der Waals surface area contributed by atoms with Gasteiger partial charge in [0.25, 0.3) is 5.91 Å². The molecule has 4 heterocycles. The number of thioether (sulfide) groups is 1. The average Bonchev–Trinajstić information content (AvgIpc) is 3.55. The summed E-state index contributed by atoms with van der Waals surface area (Å²) in [4.78, 5) is 17.7. The van der Waals surface area contributed by atoms with Gasteiger partial charge < -0.3 is 23.8 Å². The maximum atomic E-state index is 13.2. The largest absolute Gasteiger partial charge is 0.454 e. The smallest absolute Gasteiger partial charge is 0.254 e. The monoisotopic (exact) mass is 429 g/mol. The van der Waals surface area contributed by atoms with Crippen molar-refractivity contribution in [3.8, 4) is 11.5 Å². The summed E-state index contributed by atoms with van der Waals surface area (Å²) in [5, 5.41) is 9.82. The Hall–Kier alpha value is -2.26. The maximum absolute atomic E-state index is 13.2. The number of rotatable bonds is 6. The number of likely N-dealkylation sites (tertiary alicyclic amines) is 2. The Kier molecular flexibility index (Phi) is 5.56. The molecule has 2 fully saturated rings. The van der Waals surface area contributed by atoms with Gasteiger partial charge in [-0.05, 0) is 57.0 Å². The third-order valence-corrected chi connectivity index (χ3v) is 7.14. The third-order valence-electron chi connectivity index (χ3n) is 6.14. The molecule has 0 N–H and O–H groups in total. The molecule has 2 saturated heterocycles. The molecule has 0 spiro atoms. The van der Waals surface area contributed by atoms with Crippen LogP contribution in [0.2, 0.25) is 0 Å². The Morgan fingerprint density at radius 3 is 2.83 bits per heavy atom. The first-order valence-corrected chi connectivity index (χ1v) is 11.6. The second-order valence-corrected chi connectivity index (χ2v) is 9.08. The fourth-order valence-electron chi connectivity index (χ4n) is 4.49. The summed E-state index contributed by atoms with van der Waals surface area (Å²) in [6, 6.07) is 5.34. The van der Waals surface area contributed by atoms with E-state index in [1.54, 1.807) is 23.9 Å². The number of hydrogen-bond acceptors (Lipinski definition) is 7. The van der Waals surface area contributed by atoms with Gasteiger partial charge in [0.15, 0.2) is 22.5 Å². The van der Waals surface area contributed by atoms with E-state index < -0.39 is 0 Å². The van der Waals surface area contributed by atoms with Gasteiger partial charge in [0.1, 0.15) is 0 Å². The Morgan fingerprint density at radius 2 is 1.97 bits per heavy atom. The summed E-state index contributed by atoms with van der Waals surface area (Å²) in [6.45, 7) is 4.44. The van der Waals surface area contributed by atoms with Crippen molar-refractivity contribution in [3.05, 3.63) is 29.6 Å². The highest BCUT2D eigenvalue weighted by molar-refractivity contribution is 7.99. The lowest BCUT2D eigenvalue weighted by molar-refractivity contribution is 0.0727. The standard InChI is InChI=1S/C21H27N5O3S/c1-24-19(22-23-21(24)30-12-11-25-8-2-3-9-25)16-5-4-10-26(16)20(27)15-6-7-17-18(13-15)29-14-28-17/h6-7,13,16H,2-5,8-12,14H2,1H3/t16-/m0/s1. The summed E-state index contributed by atoms with van der Waals surface area (Å²) in [7, 11) is 2.01. The summed E-state index contributed by atoms with van der Waals surface area (Å²) in [5.41, 5.74) is 0.619. The molecule has 1 amide bonds. The van der Waals surface area contributed by atoms with Crippen LogP contribution in [0.15, 0.2) is 23.4 Å². The molecule has 1 aromatic carbocycles. The van der Waals surface area contributed by atoms with Crippen molar-refractivity contribution in [3.63, 3.8) is 0 Å². The second-order valence-electron chi connectivity index (χ2n) is 8.02. The number of fused-ring (bicyclic) bond motifs is 1. The van der Waals surface area contributed by atoms with Crippen molar-refractivity contribution in [1.82, 2.24) is 24.6 Å². The van der Waals surface area contributed by atoms with E-state index in [4.69, 9.17) is 9.47 Å². The van der Waals surface area contributed by atoms with Crippen molar-refractivity contribution in [1.29, 1.82) is 0 Å². The SMILES string of the molecule is Cn1c(SCCN2CCCC2)nnc1[C@@H]1CCCN1C(=O)c1ccc2c(c1)OCO2. The number of aromatic nitrogens is 3. The van der Waals surface area contributed by atoms with Crippen LogP contribution < -0.4 is 9.47 Å². The minimum atomic E-state index is -0.0478. The molecular weight excluding hydrogens is 402 g/mol. The van der Waals surface area contributed by atoms with Gasteiger partial charge in [-0.1, -0.05) is 11.8 Å². The molecule has 3 aliphatic rings. The Balaban J connectivity index is 1.27. The lowest BCUT2D eigenvalue weighted by atomic mass is 10.1. The van der Waals surface area contributed by atoms with Crippen LogP contribution in [0.4, 0.5) is 0 Å². The van der Waals surface area contributed by atoms with Gasteiger partial charge in [0, 0.05) is 31.5 Å². The fraction of sp³-hybridized carbons (Fsp3) is 0.571. The van der Waals surface area contributed by atoms with Crippen molar-refractivity contribution < 1.29 is 14.3 Å². The minimum Gasteiger partial charge on any atom is -0.454 e. The van der Waals surface area contributed by atoms with Crippen LogP contribution in [0.5, 0.6) is 11.5 Å². The van der Waals surface area contributed by atoms with Gasteiger partial charge in [0.2, 0.25) is 6.79 Å². The normalized spacial score (nSPS) is 21.0. The maximum Gasteiger partial charge on any atom is 0.254 e. The summed E-state index contributed by atoms with van der Waals surface area (Å²) >= 11 is 1.75. The zero-order chi connectivity index (χ0) is 20.5. The van der Waals surface area contributed by atoms with Crippen LogP contribution >= 0.6 is 11.8 Å². The molecule has 2 aromatic rings. The van der Waals surface area contributed by atoms with Crippen molar-refractivity contribution in [2.75, 3.05) is 38.7 Å². The number of benzene rings is 1. The van der Waals surface area contributed by atoms with Crippen LogP contribution in [-0.4, -0.2) is 69.2 Å². The number of carbonyl (C=O) groups excluding carboxylic acids is 1. The number of carbonyl (C=O) groups is 1. The van der Waals surface area contributed by atoms with E-state index in [9.17, 15) is 4.79 Å². The summed E-state index contributed by atoms with van der Waals surface area (Å²) in [6.07, 6.45) is 4.49. The zero-order valence-corrected chi connectivity index (χ0v) is 18.1. The van der Waals surface area contributed by atoms with E-state index in [-0.39, 0.29) is 18.7 Å². The number of amides is 1. The highest BCUT2D eigenvalue weighted by atomic mass is 32.2. The molecular formula is C21H27N5O3S. The third kappa shape index (κ3) is 3.76. The molecule has 8 nitrogen and oxygen atoms in total. The molecule has 160 valence electrons. The van der Waals surface area contributed by atoms with Crippen LogP contribution in [0.25, 0.3) is 0 Å². The molecule has 9 heteroatoms. The summed E-state index contributed by atoms with van der Waals surface area (Å²) < 4.78 is 12.9. The molecule has 0 aliphatic carbocycles. The van der Waals surface area contributed by atoms with Crippen LogP contribution in [0.1, 0.15) is 47.9 Å². The van der Waals surface area contributed by atoms with E-state index in [0.717, 1.165) is 42.7 Å². The predicted octanol–water partition coefficient (Wildman–Crippen LogP) is 2.71. The molecule has 0 bridgehead atoms. The van der Waals surface area contributed by atoms with E-state index >= 15 is 0 Å². The van der Waals surface area contributed by atoms with Gasteiger partial charge in [-0.2, -0.15) is 0 Å². The van der Waals surface area contributed by atoms with Gasteiger partial charge in [-0.3, -0.25) is 4.79 Å². The Labute approximate surface area is 180 Å². The molecule has 3 aliphatic heterocycles. The predicted molar refractivity (Wildman–Crippen MR) is 113 cm³/mol. The van der Waals surface area contributed by atoms with Crippen molar-refractivity contribution in [2.45, 2.75) is 36.9 Å². The van der Waals surface area contributed by atoms with Crippen LogP contribution in [0.3, 0.4) is 0 Å². The van der Waals surface area contributed by atoms with Gasteiger partial charge in [0.05, 0.1) is 6.04 Å². The lowest BCUT2D eigenvalue weighted by Crippen LogP contribution is -2.31. The lowest BCUT2D eigenvalue weighted by Gasteiger charge is -2.24. The first-order valence-electron chi connectivity index (χ1n) is 10.7. The number of hydrogen-bond donors (Lipinski definition) is 0. The van der Waals surface area contributed by atoms with Crippen LogP contribution in [-0.2, 0) is 7.05 Å². The van der Waals surface area contributed by atoms with E-state index in [0.29, 0.717) is 17.1 Å².